The number of aromatic nitrogens is 1. The summed E-state index contributed by atoms with van der Waals surface area (Å²) < 4.78 is 54.2. The Morgan fingerprint density at radius 3 is 2.44 bits per heavy atom. The molecule has 1 heterocycles. The first-order valence-corrected chi connectivity index (χ1v) is 11.4. The van der Waals surface area contributed by atoms with Crippen LogP contribution in [0.25, 0.3) is 5.69 Å². The molecule has 0 aliphatic carbocycles. The monoisotopic (exact) mass is 492 g/mol. The minimum Gasteiger partial charge on any atom is -0.606 e. The van der Waals surface area contributed by atoms with Crippen molar-refractivity contribution in [2.45, 2.75) is 29.3 Å². The van der Waals surface area contributed by atoms with E-state index in [9.17, 15) is 27.3 Å². The SMILES string of the molecule is Cc1c([S+]([O-])c2ccc(N)cc2)cc(C(=O)NCCCN)c(=O)n1-c1cccc(C(F)(F)F)c1. The predicted molar refractivity (Wildman–Crippen MR) is 123 cm³/mol. The molecule has 7 nitrogen and oxygen atoms in total. The number of amides is 1. The van der Waals surface area contributed by atoms with Gasteiger partial charge in [0.2, 0.25) is 0 Å². The Hall–Kier alpha value is -3.28. The maximum atomic E-state index is 13.4. The van der Waals surface area contributed by atoms with Gasteiger partial charge in [-0.3, -0.25) is 14.2 Å². The zero-order valence-electron chi connectivity index (χ0n) is 18.2. The van der Waals surface area contributed by atoms with Gasteiger partial charge >= 0.3 is 6.18 Å². The number of nitrogens with zero attached hydrogens (tertiary/aromatic N) is 1. The Morgan fingerprint density at radius 2 is 1.82 bits per heavy atom. The van der Waals surface area contributed by atoms with E-state index in [4.69, 9.17) is 11.5 Å². The molecule has 1 amide bonds. The van der Waals surface area contributed by atoms with Crippen LogP contribution in [0, 0.1) is 6.92 Å². The molecule has 5 N–H and O–H groups in total. The van der Waals surface area contributed by atoms with Gasteiger partial charge in [0.15, 0.2) is 9.79 Å². The average molecular weight is 493 g/mol. The highest BCUT2D eigenvalue weighted by molar-refractivity contribution is 7.91. The number of anilines is 1. The van der Waals surface area contributed by atoms with Crippen LogP contribution < -0.4 is 22.3 Å². The highest BCUT2D eigenvalue weighted by Gasteiger charge is 2.31. The molecule has 0 aliphatic rings. The summed E-state index contributed by atoms with van der Waals surface area (Å²) in [5, 5.41) is 2.56. The van der Waals surface area contributed by atoms with Crippen LogP contribution in [0.2, 0.25) is 0 Å². The Labute approximate surface area is 196 Å². The molecule has 0 saturated carbocycles. The normalized spacial score (nSPS) is 12.4. The largest absolute Gasteiger partial charge is 0.606 e. The molecule has 3 aromatic rings. The van der Waals surface area contributed by atoms with Crippen molar-refractivity contribution in [3.05, 3.63) is 81.8 Å². The van der Waals surface area contributed by atoms with Gasteiger partial charge in [0.1, 0.15) is 5.56 Å². The fourth-order valence-corrected chi connectivity index (χ4v) is 4.50. The van der Waals surface area contributed by atoms with Crippen molar-refractivity contribution < 1.29 is 22.5 Å². The van der Waals surface area contributed by atoms with E-state index in [1.165, 1.54) is 31.2 Å². The van der Waals surface area contributed by atoms with Crippen molar-refractivity contribution in [2.24, 2.45) is 5.73 Å². The van der Waals surface area contributed by atoms with Gasteiger partial charge in [0.05, 0.1) is 11.3 Å². The molecule has 0 saturated heterocycles. The highest BCUT2D eigenvalue weighted by atomic mass is 32.2. The van der Waals surface area contributed by atoms with Crippen molar-refractivity contribution in [1.82, 2.24) is 9.88 Å². The number of hydrogen-bond acceptors (Lipinski definition) is 5. The van der Waals surface area contributed by atoms with Crippen LogP contribution in [0.15, 0.2) is 69.2 Å². The van der Waals surface area contributed by atoms with E-state index < -0.39 is 34.4 Å². The molecule has 0 radical (unpaired) electrons. The number of benzene rings is 2. The Kier molecular flexibility index (Phi) is 7.70. The lowest BCUT2D eigenvalue weighted by atomic mass is 10.1. The minimum atomic E-state index is -4.64. The van der Waals surface area contributed by atoms with Crippen LogP contribution in [0.5, 0.6) is 0 Å². The molecule has 1 unspecified atom stereocenters. The number of nitrogens with one attached hydrogen (secondary N) is 1. The lowest BCUT2D eigenvalue weighted by Gasteiger charge is -2.19. The Bertz CT molecular complexity index is 1240. The number of carbonyl (C=O) groups is 1. The number of carbonyl (C=O) groups excluding carboxylic acids is 1. The van der Waals surface area contributed by atoms with Crippen LogP contribution in [-0.4, -0.2) is 28.1 Å². The van der Waals surface area contributed by atoms with Crippen molar-refractivity contribution in [2.75, 3.05) is 18.8 Å². The van der Waals surface area contributed by atoms with Gasteiger partial charge in [-0.15, -0.1) is 0 Å². The summed E-state index contributed by atoms with van der Waals surface area (Å²) in [5.74, 6) is -0.741. The lowest BCUT2D eigenvalue weighted by molar-refractivity contribution is -0.137. The van der Waals surface area contributed by atoms with Crippen molar-refractivity contribution in [3.8, 4) is 5.69 Å². The molecule has 0 spiro atoms. The molecule has 0 fully saturated rings. The number of hydrogen-bond donors (Lipinski definition) is 3. The van der Waals surface area contributed by atoms with E-state index >= 15 is 0 Å². The summed E-state index contributed by atoms with van der Waals surface area (Å²) in [5.41, 5.74) is 9.46. The van der Waals surface area contributed by atoms with Crippen molar-refractivity contribution in [1.29, 1.82) is 0 Å². The molecule has 2 aromatic carbocycles. The molecule has 1 atom stereocenters. The first-order valence-electron chi connectivity index (χ1n) is 10.2. The quantitative estimate of drug-likeness (QED) is 0.266. The maximum absolute atomic E-state index is 13.4. The standard InChI is InChI=1S/C23H23F3N4O3S/c1-14-20(34(33)18-8-6-16(28)7-9-18)13-19(21(31)29-11-3-10-27)22(32)30(14)17-5-2-4-15(12-17)23(24,25)26/h2,4-9,12-13H,3,10-11,27-28H2,1H3,(H,29,31). The van der Waals surface area contributed by atoms with Crippen molar-refractivity contribution >= 4 is 22.8 Å². The third kappa shape index (κ3) is 5.44. The third-order valence-corrected chi connectivity index (χ3v) is 6.55. The third-order valence-electron chi connectivity index (χ3n) is 5.04. The molecular formula is C23H23F3N4O3S. The van der Waals surface area contributed by atoms with Gasteiger partial charge in [0, 0.05) is 35.2 Å². The second-order valence-electron chi connectivity index (χ2n) is 7.43. The molecule has 34 heavy (non-hydrogen) atoms. The molecule has 180 valence electrons. The topological polar surface area (TPSA) is 126 Å². The molecule has 0 aliphatic heterocycles. The highest BCUT2D eigenvalue weighted by Crippen LogP contribution is 2.31. The van der Waals surface area contributed by atoms with E-state index in [-0.39, 0.29) is 28.4 Å². The fourth-order valence-electron chi connectivity index (χ4n) is 3.28. The van der Waals surface area contributed by atoms with Gasteiger partial charge in [0.25, 0.3) is 11.5 Å². The van der Waals surface area contributed by atoms with Crippen LogP contribution in [-0.2, 0) is 17.4 Å². The molecule has 11 heteroatoms. The van der Waals surface area contributed by atoms with Crippen LogP contribution in [0.1, 0.15) is 28.0 Å². The Morgan fingerprint density at radius 1 is 1.15 bits per heavy atom. The first kappa shape index (κ1) is 25.3. The van der Waals surface area contributed by atoms with Gasteiger partial charge in [-0.2, -0.15) is 13.2 Å². The van der Waals surface area contributed by atoms with E-state index in [1.54, 1.807) is 12.1 Å². The second kappa shape index (κ2) is 10.3. The van der Waals surface area contributed by atoms with Gasteiger partial charge in [-0.1, -0.05) is 6.07 Å². The second-order valence-corrected chi connectivity index (χ2v) is 8.88. The molecular weight excluding hydrogens is 469 g/mol. The van der Waals surface area contributed by atoms with Gasteiger partial charge in [-0.05, 0) is 62.4 Å². The van der Waals surface area contributed by atoms with Crippen LogP contribution in [0.3, 0.4) is 0 Å². The van der Waals surface area contributed by atoms with E-state index in [0.29, 0.717) is 23.5 Å². The predicted octanol–water partition coefficient (Wildman–Crippen LogP) is 2.99. The van der Waals surface area contributed by atoms with Gasteiger partial charge < -0.3 is 21.3 Å². The number of nitrogen functional groups attached to an aromatic ring is 1. The number of halogens is 3. The maximum Gasteiger partial charge on any atom is 0.416 e. The summed E-state index contributed by atoms with van der Waals surface area (Å²) in [6.45, 7) is 1.97. The number of nitrogens with two attached hydrogens (primary N) is 2. The van der Waals surface area contributed by atoms with Crippen molar-refractivity contribution in [3.63, 3.8) is 0 Å². The lowest BCUT2D eigenvalue weighted by Crippen LogP contribution is -2.35. The zero-order valence-corrected chi connectivity index (χ0v) is 19.0. The van der Waals surface area contributed by atoms with E-state index in [1.807, 2.05) is 0 Å². The number of rotatable bonds is 7. The first-order chi connectivity index (χ1) is 16.0. The van der Waals surface area contributed by atoms with E-state index in [0.717, 1.165) is 22.8 Å². The Balaban J connectivity index is 2.22. The fraction of sp³-hybridized carbons (Fsp3) is 0.217. The summed E-state index contributed by atoms with van der Waals surface area (Å²) in [6.07, 6.45) is -4.18. The smallest absolute Gasteiger partial charge is 0.416 e. The molecule has 3 rings (SSSR count). The summed E-state index contributed by atoms with van der Waals surface area (Å²) in [6, 6.07) is 11.5. The average Bonchev–Trinajstić information content (AvgIpc) is 2.79. The summed E-state index contributed by atoms with van der Waals surface area (Å²) >= 11 is -1.85. The van der Waals surface area contributed by atoms with E-state index in [2.05, 4.69) is 5.32 Å². The van der Waals surface area contributed by atoms with Crippen LogP contribution >= 0.6 is 0 Å². The zero-order chi connectivity index (χ0) is 25.0. The number of alkyl halides is 3. The summed E-state index contributed by atoms with van der Waals surface area (Å²) in [7, 11) is 0. The summed E-state index contributed by atoms with van der Waals surface area (Å²) in [4.78, 5) is 26.5. The van der Waals surface area contributed by atoms with Crippen LogP contribution in [0.4, 0.5) is 18.9 Å². The molecule has 1 aromatic heterocycles. The minimum absolute atomic E-state index is 0.103. The van der Waals surface area contributed by atoms with Gasteiger partial charge in [-0.25, -0.2) is 0 Å². The molecule has 0 bridgehead atoms. The number of pyridine rings is 1.